The van der Waals surface area contributed by atoms with Gasteiger partial charge in [0.2, 0.25) is 0 Å². The van der Waals surface area contributed by atoms with Crippen molar-refractivity contribution in [3.63, 3.8) is 0 Å². The maximum Gasteiger partial charge on any atom is 0.119 e. The Balaban J connectivity index is 1.89. The summed E-state index contributed by atoms with van der Waals surface area (Å²) >= 11 is 0. The van der Waals surface area contributed by atoms with E-state index in [1.54, 1.807) is 0 Å². The lowest BCUT2D eigenvalue weighted by Gasteiger charge is -2.30. The van der Waals surface area contributed by atoms with E-state index in [1.807, 2.05) is 19.1 Å². The van der Waals surface area contributed by atoms with Crippen molar-refractivity contribution in [2.75, 3.05) is 6.61 Å². The van der Waals surface area contributed by atoms with Crippen molar-refractivity contribution >= 4 is 0 Å². The Labute approximate surface area is 116 Å². The molecule has 19 heavy (non-hydrogen) atoms. The van der Waals surface area contributed by atoms with Crippen LogP contribution >= 0.6 is 0 Å². The van der Waals surface area contributed by atoms with Gasteiger partial charge in [0.15, 0.2) is 0 Å². The van der Waals surface area contributed by atoms with Gasteiger partial charge in [0.25, 0.3) is 0 Å². The van der Waals surface area contributed by atoms with E-state index in [0.29, 0.717) is 24.7 Å². The van der Waals surface area contributed by atoms with Gasteiger partial charge in [-0.15, -0.1) is 0 Å². The monoisotopic (exact) mass is 262 g/mol. The van der Waals surface area contributed by atoms with Gasteiger partial charge in [-0.1, -0.05) is 18.6 Å². The zero-order valence-electron chi connectivity index (χ0n) is 12.1. The molecule has 3 N–H and O–H groups in total. The number of rotatable bonds is 5. The van der Waals surface area contributed by atoms with E-state index in [-0.39, 0.29) is 0 Å². The second-order valence-corrected chi connectivity index (χ2v) is 5.51. The van der Waals surface area contributed by atoms with Crippen LogP contribution < -0.4 is 15.8 Å². The lowest BCUT2D eigenvalue weighted by atomic mass is 9.91. The van der Waals surface area contributed by atoms with Crippen molar-refractivity contribution in [3.8, 4) is 5.75 Å². The van der Waals surface area contributed by atoms with Crippen molar-refractivity contribution in [1.82, 2.24) is 5.32 Å². The number of hydrogen-bond donors (Lipinski definition) is 2. The molecular formula is C16H26N2O. The molecule has 3 unspecified atom stereocenters. The van der Waals surface area contributed by atoms with Crippen LogP contribution in [0.25, 0.3) is 0 Å². The first-order valence-corrected chi connectivity index (χ1v) is 7.43. The first-order valence-electron chi connectivity index (χ1n) is 7.43. The van der Waals surface area contributed by atoms with Crippen LogP contribution in [0.4, 0.5) is 0 Å². The Morgan fingerprint density at radius 2 is 2.05 bits per heavy atom. The van der Waals surface area contributed by atoms with E-state index in [0.717, 1.165) is 12.2 Å². The normalized spacial score (nSPS) is 25.0. The highest BCUT2D eigenvalue weighted by Gasteiger charge is 2.20. The van der Waals surface area contributed by atoms with Crippen molar-refractivity contribution < 1.29 is 4.74 Å². The van der Waals surface area contributed by atoms with Crippen LogP contribution in [0.5, 0.6) is 5.75 Å². The SMILES string of the molecule is CCOc1ccc(C(C)NC2CCCC(N)C2)cc1. The topological polar surface area (TPSA) is 47.3 Å². The predicted molar refractivity (Wildman–Crippen MR) is 79.4 cm³/mol. The van der Waals surface area contributed by atoms with Crippen LogP contribution in [-0.2, 0) is 0 Å². The molecule has 0 saturated heterocycles. The molecule has 1 aromatic rings. The average Bonchev–Trinajstić information content (AvgIpc) is 2.40. The highest BCUT2D eigenvalue weighted by molar-refractivity contribution is 5.29. The molecule has 106 valence electrons. The molecule has 0 radical (unpaired) electrons. The number of benzene rings is 1. The van der Waals surface area contributed by atoms with Crippen LogP contribution in [0.1, 0.15) is 51.1 Å². The molecule has 0 aromatic heterocycles. The first kappa shape index (κ1) is 14.4. The third-order valence-corrected chi connectivity index (χ3v) is 3.89. The maximum absolute atomic E-state index is 6.04. The lowest BCUT2D eigenvalue weighted by Crippen LogP contribution is -2.40. The van der Waals surface area contributed by atoms with E-state index in [2.05, 4.69) is 24.4 Å². The van der Waals surface area contributed by atoms with Crippen LogP contribution in [0.3, 0.4) is 0 Å². The Kier molecular flexibility index (Phi) is 5.23. The van der Waals surface area contributed by atoms with Crippen LogP contribution in [-0.4, -0.2) is 18.7 Å². The summed E-state index contributed by atoms with van der Waals surface area (Å²) in [7, 11) is 0. The van der Waals surface area contributed by atoms with Crippen molar-refractivity contribution in [3.05, 3.63) is 29.8 Å². The van der Waals surface area contributed by atoms with Gasteiger partial charge in [0.05, 0.1) is 6.61 Å². The fraction of sp³-hybridized carbons (Fsp3) is 0.625. The average molecular weight is 262 g/mol. The van der Waals surface area contributed by atoms with Crippen LogP contribution in [0, 0.1) is 0 Å². The van der Waals surface area contributed by atoms with Crippen molar-refractivity contribution in [1.29, 1.82) is 0 Å². The van der Waals surface area contributed by atoms with Crippen molar-refractivity contribution in [2.45, 2.75) is 57.7 Å². The number of hydrogen-bond acceptors (Lipinski definition) is 3. The molecule has 1 fully saturated rings. The van der Waals surface area contributed by atoms with Crippen LogP contribution in [0.2, 0.25) is 0 Å². The Bertz CT molecular complexity index is 377. The minimum atomic E-state index is 0.367. The molecule has 3 heteroatoms. The summed E-state index contributed by atoms with van der Waals surface area (Å²) in [4.78, 5) is 0. The Morgan fingerprint density at radius 1 is 1.32 bits per heavy atom. The fourth-order valence-electron chi connectivity index (χ4n) is 2.85. The number of ether oxygens (including phenoxy) is 1. The van der Waals surface area contributed by atoms with Gasteiger partial charge in [0.1, 0.15) is 5.75 Å². The van der Waals surface area contributed by atoms with Gasteiger partial charge >= 0.3 is 0 Å². The van der Waals surface area contributed by atoms with E-state index in [9.17, 15) is 0 Å². The summed E-state index contributed by atoms with van der Waals surface area (Å²) in [5, 5.41) is 3.70. The summed E-state index contributed by atoms with van der Waals surface area (Å²) in [5.41, 5.74) is 7.34. The van der Waals surface area contributed by atoms with Gasteiger partial charge in [0, 0.05) is 18.1 Å². The highest BCUT2D eigenvalue weighted by Crippen LogP contribution is 2.22. The van der Waals surface area contributed by atoms with E-state index in [4.69, 9.17) is 10.5 Å². The summed E-state index contributed by atoms with van der Waals surface area (Å²) < 4.78 is 5.47. The molecule has 1 aromatic carbocycles. The minimum absolute atomic E-state index is 0.367. The number of nitrogens with one attached hydrogen (secondary N) is 1. The molecule has 0 spiro atoms. The standard InChI is InChI=1S/C16H26N2O/c1-3-19-16-9-7-13(8-10-16)12(2)18-15-6-4-5-14(17)11-15/h7-10,12,14-15,18H,3-6,11,17H2,1-2H3. The Morgan fingerprint density at radius 3 is 2.68 bits per heavy atom. The lowest BCUT2D eigenvalue weighted by molar-refractivity contribution is 0.318. The van der Waals surface area contributed by atoms with Gasteiger partial charge < -0.3 is 15.8 Å². The van der Waals surface area contributed by atoms with E-state index in [1.165, 1.54) is 24.8 Å². The third-order valence-electron chi connectivity index (χ3n) is 3.89. The molecule has 3 nitrogen and oxygen atoms in total. The molecule has 2 rings (SSSR count). The first-order chi connectivity index (χ1) is 9.19. The van der Waals surface area contributed by atoms with Gasteiger partial charge in [-0.25, -0.2) is 0 Å². The second-order valence-electron chi connectivity index (χ2n) is 5.51. The van der Waals surface area contributed by atoms with Gasteiger partial charge in [-0.05, 0) is 50.8 Å². The minimum Gasteiger partial charge on any atom is -0.494 e. The van der Waals surface area contributed by atoms with Gasteiger partial charge in [-0.3, -0.25) is 0 Å². The summed E-state index contributed by atoms with van der Waals surface area (Å²) in [6, 6.07) is 9.68. The highest BCUT2D eigenvalue weighted by atomic mass is 16.5. The molecule has 1 aliphatic rings. The molecule has 0 heterocycles. The van der Waals surface area contributed by atoms with Gasteiger partial charge in [-0.2, -0.15) is 0 Å². The molecule has 0 aliphatic heterocycles. The molecule has 1 saturated carbocycles. The van der Waals surface area contributed by atoms with E-state index < -0.39 is 0 Å². The summed E-state index contributed by atoms with van der Waals surface area (Å²) in [6.45, 7) is 4.94. The fourth-order valence-corrected chi connectivity index (χ4v) is 2.85. The van der Waals surface area contributed by atoms with E-state index >= 15 is 0 Å². The zero-order valence-corrected chi connectivity index (χ0v) is 12.1. The maximum atomic E-state index is 6.04. The summed E-state index contributed by atoms with van der Waals surface area (Å²) in [5.74, 6) is 0.943. The van der Waals surface area contributed by atoms with Crippen LogP contribution in [0.15, 0.2) is 24.3 Å². The largest absolute Gasteiger partial charge is 0.494 e. The quantitative estimate of drug-likeness (QED) is 0.857. The Hall–Kier alpha value is -1.06. The predicted octanol–water partition coefficient (Wildman–Crippen LogP) is 3.01. The molecule has 0 bridgehead atoms. The second kappa shape index (κ2) is 6.92. The third kappa shape index (κ3) is 4.22. The molecular weight excluding hydrogens is 236 g/mol. The molecule has 3 atom stereocenters. The summed E-state index contributed by atoms with van der Waals surface area (Å²) in [6.07, 6.45) is 4.76. The molecule has 1 aliphatic carbocycles. The zero-order chi connectivity index (χ0) is 13.7. The molecule has 0 amide bonds. The number of nitrogens with two attached hydrogens (primary N) is 1. The van der Waals surface area contributed by atoms with Crippen molar-refractivity contribution in [2.24, 2.45) is 5.73 Å². The smallest absolute Gasteiger partial charge is 0.119 e.